The summed E-state index contributed by atoms with van der Waals surface area (Å²) in [6, 6.07) is 0. The first-order valence-corrected chi connectivity index (χ1v) is 7.39. The molecule has 2 heteroatoms. The predicted octanol–water partition coefficient (Wildman–Crippen LogP) is 6.68. The van der Waals surface area contributed by atoms with E-state index in [9.17, 15) is 8.78 Å². The Hall–Kier alpha value is -1.18. The third-order valence-corrected chi connectivity index (χ3v) is 3.91. The minimum atomic E-state index is -0.952. The van der Waals surface area contributed by atoms with E-state index in [-0.39, 0.29) is 5.57 Å². The maximum atomic E-state index is 13.6. The van der Waals surface area contributed by atoms with Crippen LogP contribution in [0.25, 0.3) is 0 Å². The molecule has 0 spiro atoms. The number of halogens is 2. The Morgan fingerprint density at radius 1 is 1.20 bits per heavy atom. The molecule has 0 rings (SSSR count). The lowest BCUT2D eigenvalue weighted by Crippen LogP contribution is -2.07. The number of allylic oxidation sites excluding steroid dienone is 6. The Balaban J connectivity index is 4.60. The molecule has 114 valence electrons. The Morgan fingerprint density at radius 2 is 1.80 bits per heavy atom. The normalized spacial score (nSPS) is 16.4. The number of hydrogen-bond acceptors (Lipinski definition) is 0. The van der Waals surface area contributed by atoms with E-state index in [1.54, 1.807) is 6.92 Å². The molecular weight excluding hydrogens is 254 g/mol. The molecule has 0 amide bonds. The first kappa shape index (κ1) is 18.8. The fourth-order valence-electron chi connectivity index (χ4n) is 1.94. The van der Waals surface area contributed by atoms with Gasteiger partial charge in [-0.3, -0.25) is 0 Å². The zero-order chi connectivity index (χ0) is 15.7. The standard InChI is InChI=1S/C18H28F2/c1-7-9-10-13(3)14(4)11-12-15(5)16(6)18(20)17(19)8-2/h8,12-14H,2,6-7,9-11H2,1,3-5H3/b15-12+,18-17-. The second kappa shape index (κ2) is 9.68. The van der Waals surface area contributed by atoms with Gasteiger partial charge in [0.2, 0.25) is 0 Å². The van der Waals surface area contributed by atoms with Crippen LogP contribution < -0.4 is 0 Å². The molecule has 0 nitrogen and oxygen atoms in total. The van der Waals surface area contributed by atoms with Crippen molar-refractivity contribution in [3.63, 3.8) is 0 Å². The first-order valence-electron chi connectivity index (χ1n) is 7.39. The molecule has 0 fully saturated rings. The molecular formula is C18H28F2. The van der Waals surface area contributed by atoms with Crippen molar-refractivity contribution in [2.75, 3.05) is 0 Å². The van der Waals surface area contributed by atoms with Crippen LogP contribution in [0.5, 0.6) is 0 Å². The molecule has 2 unspecified atom stereocenters. The molecule has 2 atom stereocenters. The molecule has 0 saturated carbocycles. The Labute approximate surface area is 123 Å². The smallest absolute Gasteiger partial charge is 0.165 e. The average molecular weight is 282 g/mol. The van der Waals surface area contributed by atoms with E-state index in [4.69, 9.17) is 0 Å². The highest BCUT2D eigenvalue weighted by Crippen LogP contribution is 2.26. The van der Waals surface area contributed by atoms with Crippen molar-refractivity contribution in [2.24, 2.45) is 11.8 Å². The monoisotopic (exact) mass is 282 g/mol. The highest BCUT2D eigenvalue weighted by atomic mass is 19.2. The Bertz CT molecular complexity index is 388. The lowest BCUT2D eigenvalue weighted by Gasteiger charge is -2.18. The predicted molar refractivity (Wildman–Crippen MR) is 84.8 cm³/mol. The topological polar surface area (TPSA) is 0 Å². The van der Waals surface area contributed by atoms with Crippen LogP contribution in [0, 0.1) is 11.8 Å². The van der Waals surface area contributed by atoms with Crippen molar-refractivity contribution < 1.29 is 8.78 Å². The molecule has 0 heterocycles. The molecule has 0 aliphatic heterocycles. The van der Waals surface area contributed by atoms with Gasteiger partial charge in [0.15, 0.2) is 11.7 Å². The molecule has 0 aromatic carbocycles. The fourth-order valence-corrected chi connectivity index (χ4v) is 1.94. The van der Waals surface area contributed by atoms with Gasteiger partial charge in [0, 0.05) is 5.57 Å². The Morgan fingerprint density at radius 3 is 2.30 bits per heavy atom. The Kier molecular flexibility index (Phi) is 9.11. The van der Waals surface area contributed by atoms with Gasteiger partial charge in [-0.15, -0.1) is 0 Å². The summed E-state index contributed by atoms with van der Waals surface area (Å²) in [5.41, 5.74) is 0.796. The molecule has 0 saturated heterocycles. The van der Waals surface area contributed by atoms with Crippen molar-refractivity contribution >= 4 is 0 Å². The molecule has 0 radical (unpaired) electrons. The van der Waals surface area contributed by atoms with Gasteiger partial charge in [0.1, 0.15) is 0 Å². The maximum absolute atomic E-state index is 13.6. The number of hydrogen-bond donors (Lipinski definition) is 0. The van der Waals surface area contributed by atoms with E-state index in [0.717, 1.165) is 12.5 Å². The molecule has 0 bridgehead atoms. The van der Waals surface area contributed by atoms with Gasteiger partial charge in [-0.1, -0.05) is 59.3 Å². The summed E-state index contributed by atoms with van der Waals surface area (Å²) in [5.74, 6) is -0.703. The largest absolute Gasteiger partial charge is 0.204 e. The van der Waals surface area contributed by atoms with Gasteiger partial charge in [-0.05, 0) is 36.8 Å². The van der Waals surface area contributed by atoms with Crippen molar-refractivity contribution in [3.05, 3.63) is 48.1 Å². The van der Waals surface area contributed by atoms with Gasteiger partial charge in [0.05, 0.1) is 0 Å². The summed E-state index contributed by atoms with van der Waals surface area (Å²) in [6.07, 6.45) is 7.33. The minimum Gasteiger partial charge on any atom is -0.204 e. The van der Waals surface area contributed by atoms with E-state index in [2.05, 4.69) is 33.9 Å². The van der Waals surface area contributed by atoms with Crippen LogP contribution in [0.3, 0.4) is 0 Å². The van der Waals surface area contributed by atoms with E-state index in [1.807, 2.05) is 6.08 Å². The highest BCUT2D eigenvalue weighted by Gasteiger charge is 2.12. The molecule has 20 heavy (non-hydrogen) atoms. The van der Waals surface area contributed by atoms with Crippen LogP contribution in [-0.4, -0.2) is 0 Å². The summed E-state index contributed by atoms with van der Waals surface area (Å²) in [7, 11) is 0. The van der Waals surface area contributed by atoms with E-state index in [1.165, 1.54) is 19.3 Å². The zero-order valence-electron chi connectivity index (χ0n) is 13.3. The van der Waals surface area contributed by atoms with E-state index >= 15 is 0 Å². The SMILES string of the molecule is C=C/C(F)=C(/F)C(=C)/C(C)=C/CC(C)C(C)CCCC. The van der Waals surface area contributed by atoms with Gasteiger partial charge < -0.3 is 0 Å². The van der Waals surface area contributed by atoms with Crippen molar-refractivity contribution in [1.29, 1.82) is 0 Å². The summed E-state index contributed by atoms with van der Waals surface area (Å²) in [4.78, 5) is 0. The summed E-state index contributed by atoms with van der Waals surface area (Å²) >= 11 is 0. The van der Waals surface area contributed by atoms with Gasteiger partial charge in [-0.2, -0.15) is 0 Å². The molecule has 0 aliphatic rings. The van der Waals surface area contributed by atoms with Crippen molar-refractivity contribution in [3.8, 4) is 0 Å². The lowest BCUT2D eigenvalue weighted by molar-refractivity contribution is 0.357. The summed E-state index contributed by atoms with van der Waals surface area (Å²) < 4.78 is 26.7. The van der Waals surface area contributed by atoms with Crippen LogP contribution in [0.2, 0.25) is 0 Å². The van der Waals surface area contributed by atoms with Gasteiger partial charge in [0.25, 0.3) is 0 Å². The average Bonchev–Trinajstić information content (AvgIpc) is 2.46. The number of unbranched alkanes of at least 4 members (excludes halogenated alkanes) is 1. The lowest BCUT2D eigenvalue weighted by atomic mass is 9.88. The van der Waals surface area contributed by atoms with Crippen LogP contribution in [0.4, 0.5) is 8.78 Å². The second-order valence-electron chi connectivity index (χ2n) is 5.56. The van der Waals surface area contributed by atoms with Gasteiger partial charge >= 0.3 is 0 Å². The summed E-state index contributed by atoms with van der Waals surface area (Å²) in [5, 5.41) is 0. The quantitative estimate of drug-likeness (QED) is 0.414. The first-order chi connectivity index (χ1) is 9.34. The third kappa shape index (κ3) is 6.31. The van der Waals surface area contributed by atoms with Crippen LogP contribution >= 0.6 is 0 Å². The third-order valence-electron chi connectivity index (χ3n) is 3.91. The maximum Gasteiger partial charge on any atom is 0.165 e. The van der Waals surface area contributed by atoms with E-state index < -0.39 is 11.7 Å². The van der Waals surface area contributed by atoms with Crippen molar-refractivity contribution in [1.82, 2.24) is 0 Å². The van der Waals surface area contributed by atoms with Gasteiger partial charge in [-0.25, -0.2) is 8.78 Å². The fraction of sp³-hybridized carbons (Fsp3) is 0.556. The minimum absolute atomic E-state index is 0.107. The molecule has 0 aromatic heterocycles. The van der Waals surface area contributed by atoms with Crippen LogP contribution in [0.15, 0.2) is 48.1 Å². The molecule has 0 aromatic rings. The van der Waals surface area contributed by atoms with Crippen LogP contribution in [-0.2, 0) is 0 Å². The summed E-state index contributed by atoms with van der Waals surface area (Å²) in [6.45, 7) is 15.2. The van der Waals surface area contributed by atoms with Crippen LogP contribution in [0.1, 0.15) is 53.4 Å². The number of rotatable bonds is 9. The highest BCUT2D eigenvalue weighted by molar-refractivity contribution is 5.42. The molecule has 0 N–H and O–H groups in total. The zero-order valence-corrected chi connectivity index (χ0v) is 13.3. The van der Waals surface area contributed by atoms with E-state index in [0.29, 0.717) is 17.4 Å². The molecule has 0 aliphatic carbocycles. The second-order valence-corrected chi connectivity index (χ2v) is 5.56. The van der Waals surface area contributed by atoms with Crippen molar-refractivity contribution in [2.45, 2.75) is 53.4 Å².